The van der Waals surface area contributed by atoms with E-state index < -0.39 is 9.84 Å². The molecule has 5 nitrogen and oxygen atoms in total. The monoisotopic (exact) mass is 304 g/mol. The Bertz CT molecular complexity index is 405. The van der Waals surface area contributed by atoms with Gasteiger partial charge in [-0.25, -0.2) is 8.42 Å². The zero-order chi connectivity index (χ0) is 14.6. The minimum atomic E-state index is -2.80. The van der Waals surface area contributed by atoms with Crippen LogP contribution in [0.3, 0.4) is 0 Å². The number of ether oxygens (including phenoxy) is 1. The molecule has 2 fully saturated rings. The molecule has 0 amide bonds. The molecule has 2 aliphatic rings. The number of hydrogen-bond donors (Lipinski definition) is 1. The highest BCUT2D eigenvalue weighted by atomic mass is 32.2. The van der Waals surface area contributed by atoms with Crippen LogP contribution in [0.2, 0.25) is 0 Å². The largest absolute Gasteiger partial charge is 0.381 e. The van der Waals surface area contributed by atoms with Crippen LogP contribution in [0.15, 0.2) is 0 Å². The number of hydrogen-bond acceptors (Lipinski definition) is 5. The third-order valence-electron chi connectivity index (χ3n) is 4.53. The zero-order valence-electron chi connectivity index (χ0n) is 12.7. The van der Waals surface area contributed by atoms with E-state index in [1.54, 1.807) is 0 Å². The van der Waals surface area contributed by atoms with Crippen LogP contribution in [-0.4, -0.2) is 70.8 Å². The minimum Gasteiger partial charge on any atom is -0.381 e. The Morgan fingerprint density at radius 1 is 1.45 bits per heavy atom. The van der Waals surface area contributed by atoms with Gasteiger partial charge >= 0.3 is 0 Å². The summed E-state index contributed by atoms with van der Waals surface area (Å²) < 4.78 is 28.8. The van der Waals surface area contributed by atoms with Crippen molar-refractivity contribution >= 4 is 9.84 Å². The molecule has 0 spiro atoms. The van der Waals surface area contributed by atoms with E-state index in [1.165, 1.54) is 0 Å². The van der Waals surface area contributed by atoms with Crippen LogP contribution < -0.4 is 5.32 Å². The van der Waals surface area contributed by atoms with Gasteiger partial charge in [-0.05, 0) is 32.9 Å². The van der Waals surface area contributed by atoms with Gasteiger partial charge in [-0.2, -0.15) is 0 Å². The molecule has 2 unspecified atom stereocenters. The summed E-state index contributed by atoms with van der Waals surface area (Å²) in [5.41, 5.74) is 0.149. The van der Waals surface area contributed by atoms with Crippen molar-refractivity contribution < 1.29 is 13.2 Å². The molecular weight excluding hydrogens is 276 g/mol. The molecule has 118 valence electrons. The molecule has 0 aromatic rings. The maximum Gasteiger partial charge on any atom is 0.151 e. The summed E-state index contributed by atoms with van der Waals surface area (Å²) >= 11 is 0. The van der Waals surface area contributed by atoms with Crippen molar-refractivity contribution in [3.63, 3.8) is 0 Å². The molecule has 20 heavy (non-hydrogen) atoms. The first kappa shape index (κ1) is 16.2. The van der Waals surface area contributed by atoms with Crippen LogP contribution in [0.4, 0.5) is 0 Å². The summed E-state index contributed by atoms with van der Waals surface area (Å²) in [6.07, 6.45) is 2.97. The second-order valence-corrected chi connectivity index (χ2v) is 8.68. The Kier molecular flexibility index (Phi) is 5.45. The second-order valence-electron chi connectivity index (χ2n) is 6.45. The Labute approximate surface area is 123 Å². The molecule has 2 atom stereocenters. The Hall–Kier alpha value is -0.170. The second kappa shape index (κ2) is 6.73. The van der Waals surface area contributed by atoms with Crippen molar-refractivity contribution in [1.82, 2.24) is 10.2 Å². The highest BCUT2D eigenvalue weighted by molar-refractivity contribution is 7.91. The third kappa shape index (κ3) is 4.16. The molecule has 0 aliphatic carbocycles. The average Bonchev–Trinajstić information content (AvgIpc) is 2.97. The highest BCUT2D eigenvalue weighted by Gasteiger charge is 2.39. The molecule has 2 rings (SSSR count). The predicted octanol–water partition coefficient (Wildman–Crippen LogP) is 0.512. The molecule has 0 radical (unpaired) electrons. The van der Waals surface area contributed by atoms with Gasteiger partial charge in [-0.1, -0.05) is 6.92 Å². The van der Waals surface area contributed by atoms with Gasteiger partial charge in [-0.15, -0.1) is 0 Å². The average molecular weight is 304 g/mol. The number of sulfone groups is 1. The van der Waals surface area contributed by atoms with E-state index in [2.05, 4.69) is 24.2 Å². The van der Waals surface area contributed by atoms with E-state index in [0.717, 1.165) is 52.1 Å². The van der Waals surface area contributed by atoms with Gasteiger partial charge in [0.15, 0.2) is 9.84 Å². The summed E-state index contributed by atoms with van der Waals surface area (Å²) in [4.78, 5) is 2.24. The van der Waals surface area contributed by atoms with Gasteiger partial charge in [-0.3, -0.25) is 0 Å². The van der Waals surface area contributed by atoms with E-state index in [-0.39, 0.29) is 11.5 Å². The zero-order valence-corrected chi connectivity index (χ0v) is 13.5. The molecule has 0 saturated carbocycles. The summed E-state index contributed by atoms with van der Waals surface area (Å²) in [6.45, 7) is 6.69. The highest BCUT2D eigenvalue weighted by Crippen LogP contribution is 2.30. The quantitative estimate of drug-likeness (QED) is 0.695. The minimum absolute atomic E-state index is 0.149. The lowest BCUT2D eigenvalue weighted by molar-refractivity contribution is 0.105. The molecule has 6 heteroatoms. The van der Waals surface area contributed by atoms with Crippen molar-refractivity contribution in [3.05, 3.63) is 0 Å². The van der Waals surface area contributed by atoms with E-state index in [1.807, 2.05) is 0 Å². The number of nitrogens with zero attached hydrogens (tertiary/aromatic N) is 1. The molecular formula is C14H28N2O3S. The lowest BCUT2D eigenvalue weighted by Crippen LogP contribution is -2.47. The van der Waals surface area contributed by atoms with Crippen LogP contribution in [-0.2, 0) is 14.6 Å². The number of rotatable bonds is 7. The standard InChI is InChI=1S/C14H28N2O3S/c1-3-6-15-10-14(5-7-19-12-14)11-16(2)13-4-8-20(17,18)9-13/h13,15H,3-12H2,1-2H3. The lowest BCUT2D eigenvalue weighted by Gasteiger charge is -2.35. The van der Waals surface area contributed by atoms with Crippen molar-refractivity contribution in [2.45, 2.75) is 32.2 Å². The molecule has 1 N–H and O–H groups in total. The fraction of sp³-hybridized carbons (Fsp3) is 1.00. The van der Waals surface area contributed by atoms with Gasteiger partial charge < -0.3 is 15.0 Å². The Balaban J connectivity index is 1.90. The molecule has 0 bridgehead atoms. The molecule has 2 aliphatic heterocycles. The maximum absolute atomic E-state index is 11.6. The summed E-state index contributed by atoms with van der Waals surface area (Å²) in [5.74, 6) is 0.669. The Morgan fingerprint density at radius 2 is 2.25 bits per heavy atom. The van der Waals surface area contributed by atoms with Crippen LogP contribution in [0, 0.1) is 5.41 Å². The summed E-state index contributed by atoms with van der Waals surface area (Å²) in [5, 5.41) is 3.51. The maximum atomic E-state index is 11.6. The first-order chi connectivity index (χ1) is 9.46. The topological polar surface area (TPSA) is 58.6 Å². The van der Waals surface area contributed by atoms with E-state index >= 15 is 0 Å². The smallest absolute Gasteiger partial charge is 0.151 e. The first-order valence-electron chi connectivity index (χ1n) is 7.65. The van der Waals surface area contributed by atoms with Crippen LogP contribution >= 0.6 is 0 Å². The number of nitrogens with one attached hydrogen (secondary N) is 1. The summed E-state index contributed by atoms with van der Waals surface area (Å²) in [7, 11) is -0.742. The van der Waals surface area contributed by atoms with Crippen molar-refractivity contribution in [3.8, 4) is 0 Å². The molecule has 2 saturated heterocycles. The molecule has 2 heterocycles. The SMILES string of the molecule is CCCNCC1(CN(C)C2CCS(=O)(=O)C2)CCOC1. The van der Waals surface area contributed by atoms with Gasteiger partial charge in [0, 0.05) is 31.2 Å². The van der Waals surface area contributed by atoms with Gasteiger partial charge in [0.2, 0.25) is 0 Å². The van der Waals surface area contributed by atoms with Crippen LogP contribution in [0.25, 0.3) is 0 Å². The fourth-order valence-electron chi connectivity index (χ4n) is 3.28. The fourth-order valence-corrected chi connectivity index (χ4v) is 5.09. The van der Waals surface area contributed by atoms with E-state index in [0.29, 0.717) is 11.5 Å². The predicted molar refractivity (Wildman–Crippen MR) is 80.7 cm³/mol. The van der Waals surface area contributed by atoms with Gasteiger partial charge in [0.1, 0.15) is 0 Å². The molecule has 0 aromatic carbocycles. The van der Waals surface area contributed by atoms with Crippen LogP contribution in [0.5, 0.6) is 0 Å². The van der Waals surface area contributed by atoms with Crippen molar-refractivity contribution in [1.29, 1.82) is 0 Å². The van der Waals surface area contributed by atoms with Gasteiger partial charge in [0.05, 0.1) is 18.1 Å². The first-order valence-corrected chi connectivity index (χ1v) is 9.48. The van der Waals surface area contributed by atoms with Crippen LogP contribution in [0.1, 0.15) is 26.2 Å². The van der Waals surface area contributed by atoms with Crippen molar-refractivity contribution in [2.75, 3.05) is 51.4 Å². The summed E-state index contributed by atoms with van der Waals surface area (Å²) in [6, 6.07) is 0.184. The van der Waals surface area contributed by atoms with Gasteiger partial charge in [0.25, 0.3) is 0 Å². The lowest BCUT2D eigenvalue weighted by atomic mass is 9.86. The van der Waals surface area contributed by atoms with E-state index in [9.17, 15) is 8.42 Å². The Morgan fingerprint density at radius 3 is 2.80 bits per heavy atom. The normalized spacial score (nSPS) is 33.0. The van der Waals surface area contributed by atoms with Crippen molar-refractivity contribution in [2.24, 2.45) is 5.41 Å². The van der Waals surface area contributed by atoms with E-state index in [4.69, 9.17) is 4.74 Å². The third-order valence-corrected chi connectivity index (χ3v) is 6.28. The molecule has 0 aromatic heterocycles.